The van der Waals surface area contributed by atoms with Crippen molar-refractivity contribution in [2.24, 2.45) is 0 Å². The van der Waals surface area contributed by atoms with Crippen molar-refractivity contribution in [3.8, 4) is 0 Å². The summed E-state index contributed by atoms with van der Waals surface area (Å²) in [6.45, 7) is 3.22. The van der Waals surface area contributed by atoms with Gasteiger partial charge in [-0.15, -0.1) is 0 Å². The monoisotopic (exact) mass is 275 g/mol. The lowest BCUT2D eigenvalue weighted by Crippen LogP contribution is -2.41. The number of carbonyl (C=O) groups excluding carboxylic acids is 2. The van der Waals surface area contributed by atoms with Gasteiger partial charge in [0.15, 0.2) is 0 Å². The first-order chi connectivity index (χ1) is 9.69. The van der Waals surface area contributed by atoms with Crippen LogP contribution in [-0.2, 0) is 20.9 Å². The number of carbonyl (C=O) groups is 2. The number of ether oxygens (including phenoxy) is 1. The number of hydrogen-bond donors (Lipinski definition) is 0. The Kier molecular flexibility index (Phi) is 5.16. The van der Waals surface area contributed by atoms with Crippen molar-refractivity contribution < 1.29 is 14.3 Å². The zero-order valence-corrected chi connectivity index (χ0v) is 11.9. The SMILES string of the molecule is CCCC(=O)OC1CCN(Cc2ccccc2)C(=O)C1. The molecule has 1 aromatic rings. The van der Waals surface area contributed by atoms with Crippen LogP contribution in [-0.4, -0.2) is 29.4 Å². The number of hydrogen-bond acceptors (Lipinski definition) is 3. The summed E-state index contributed by atoms with van der Waals surface area (Å²) < 4.78 is 5.31. The van der Waals surface area contributed by atoms with Crippen LogP contribution in [0.25, 0.3) is 0 Å². The molecule has 1 amide bonds. The Balaban J connectivity index is 1.83. The minimum Gasteiger partial charge on any atom is -0.462 e. The first-order valence-electron chi connectivity index (χ1n) is 7.20. The molecular formula is C16H21NO3. The van der Waals surface area contributed by atoms with Crippen molar-refractivity contribution in [2.45, 2.75) is 45.3 Å². The molecule has 0 bridgehead atoms. The molecule has 1 aliphatic heterocycles. The van der Waals surface area contributed by atoms with Gasteiger partial charge in [-0.3, -0.25) is 9.59 Å². The Morgan fingerprint density at radius 3 is 2.75 bits per heavy atom. The van der Waals surface area contributed by atoms with E-state index < -0.39 is 0 Å². The van der Waals surface area contributed by atoms with E-state index in [1.165, 1.54) is 0 Å². The summed E-state index contributed by atoms with van der Waals surface area (Å²) in [5, 5.41) is 0. The second-order valence-corrected chi connectivity index (χ2v) is 5.16. The molecule has 1 aliphatic rings. The van der Waals surface area contributed by atoms with Crippen molar-refractivity contribution in [1.82, 2.24) is 4.90 Å². The Labute approximate surface area is 119 Å². The van der Waals surface area contributed by atoms with Gasteiger partial charge in [-0.2, -0.15) is 0 Å². The van der Waals surface area contributed by atoms with Gasteiger partial charge in [-0.1, -0.05) is 37.3 Å². The van der Waals surface area contributed by atoms with Gasteiger partial charge >= 0.3 is 5.97 Å². The lowest BCUT2D eigenvalue weighted by Gasteiger charge is -2.31. The standard InChI is InChI=1S/C16H21NO3/c1-2-6-16(19)20-14-9-10-17(15(18)11-14)12-13-7-4-3-5-8-13/h3-5,7-8,14H,2,6,9-12H2,1H3. The van der Waals surface area contributed by atoms with Crippen LogP contribution in [0.2, 0.25) is 0 Å². The minimum absolute atomic E-state index is 0.0643. The van der Waals surface area contributed by atoms with Gasteiger partial charge in [0.1, 0.15) is 6.10 Å². The largest absolute Gasteiger partial charge is 0.462 e. The number of piperidine rings is 1. The number of rotatable bonds is 5. The third-order valence-corrected chi connectivity index (χ3v) is 3.44. The quantitative estimate of drug-likeness (QED) is 0.776. The van der Waals surface area contributed by atoms with Crippen LogP contribution < -0.4 is 0 Å². The molecule has 1 unspecified atom stereocenters. The van der Waals surface area contributed by atoms with Crippen LogP contribution in [0.1, 0.15) is 38.2 Å². The van der Waals surface area contributed by atoms with Crippen LogP contribution in [0, 0.1) is 0 Å². The van der Waals surface area contributed by atoms with Crippen LogP contribution in [0.5, 0.6) is 0 Å². The summed E-state index contributed by atoms with van der Waals surface area (Å²) in [4.78, 5) is 25.4. The highest BCUT2D eigenvalue weighted by Gasteiger charge is 2.28. The van der Waals surface area contributed by atoms with Crippen molar-refractivity contribution in [1.29, 1.82) is 0 Å². The third-order valence-electron chi connectivity index (χ3n) is 3.44. The molecule has 1 saturated heterocycles. The van der Waals surface area contributed by atoms with E-state index in [1.807, 2.05) is 42.2 Å². The van der Waals surface area contributed by atoms with Crippen LogP contribution >= 0.6 is 0 Å². The maximum atomic E-state index is 12.1. The lowest BCUT2D eigenvalue weighted by atomic mass is 10.1. The summed E-state index contributed by atoms with van der Waals surface area (Å²) in [5.41, 5.74) is 1.13. The number of likely N-dealkylation sites (tertiary alicyclic amines) is 1. The molecule has 0 aliphatic carbocycles. The van der Waals surface area contributed by atoms with Gasteiger partial charge in [0.2, 0.25) is 5.91 Å². The second kappa shape index (κ2) is 7.08. The van der Waals surface area contributed by atoms with Crippen LogP contribution in [0.3, 0.4) is 0 Å². The van der Waals surface area contributed by atoms with E-state index in [-0.39, 0.29) is 18.0 Å². The van der Waals surface area contributed by atoms with Crippen molar-refractivity contribution >= 4 is 11.9 Å². The van der Waals surface area contributed by atoms with Crippen molar-refractivity contribution in [2.75, 3.05) is 6.54 Å². The topological polar surface area (TPSA) is 46.6 Å². The summed E-state index contributed by atoms with van der Waals surface area (Å²) in [5.74, 6) is -0.129. The lowest BCUT2D eigenvalue weighted by molar-refractivity contribution is -0.155. The Hall–Kier alpha value is -1.84. The highest BCUT2D eigenvalue weighted by molar-refractivity contribution is 5.78. The summed E-state index contributed by atoms with van der Waals surface area (Å²) >= 11 is 0. The molecular weight excluding hydrogens is 254 g/mol. The predicted octanol–water partition coefficient (Wildman–Crippen LogP) is 2.52. The highest BCUT2D eigenvalue weighted by Crippen LogP contribution is 2.18. The Morgan fingerprint density at radius 1 is 1.35 bits per heavy atom. The van der Waals surface area contributed by atoms with Gasteiger partial charge < -0.3 is 9.64 Å². The van der Waals surface area contributed by atoms with Gasteiger partial charge in [0.05, 0.1) is 6.42 Å². The molecule has 0 aromatic heterocycles. The maximum Gasteiger partial charge on any atom is 0.306 e. The number of nitrogens with zero attached hydrogens (tertiary/aromatic N) is 1. The van der Waals surface area contributed by atoms with Crippen molar-refractivity contribution in [3.05, 3.63) is 35.9 Å². The molecule has 4 nitrogen and oxygen atoms in total. The normalized spacial score (nSPS) is 18.9. The molecule has 0 spiro atoms. The van der Waals surface area contributed by atoms with Gasteiger partial charge in [0, 0.05) is 25.9 Å². The zero-order chi connectivity index (χ0) is 14.4. The van der Waals surface area contributed by atoms with Gasteiger partial charge in [0.25, 0.3) is 0 Å². The summed E-state index contributed by atoms with van der Waals surface area (Å²) in [7, 11) is 0. The fraction of sp³-hybridized carbons (Fsp3) is 0.500. The van der Waals surface area contributed by atoms with Gasteiger partial charge in [-0.05, 0) is 12.0 Å². The van der Waals surface area contributed by atoms with E-state index in [4.69, 9.17) is 4.74 Å². The summed E-state index contributed by atoms with van der Waals surface area (Å²) in [6.07, 6.45) is 2.00. The van der Waals surface area contributed by atoms with E-state index in [1.54, 1.807) is 0 Å². The number of amides is 1. The fourth-order valence-corrected chi connectivity index (χ4v) is 2.37. The average molecular weight is 275 g/mol. The van der Waals surface area contributed by atoms with Crippen LogP contribution in [0.15, 0.2) is 30.3 Å². The second-order valence-electron chi connectivity index (χ2n) is 5.16. The predicted molar refractivity (Wildman–Crippen MR) is 75.9 cm³/mol. The maximum absolute atomic E-state index is 12.1. The Morgan fingerprint density at radius 2 is 2.10 bits per heavy atom. The number of benzene rings is 1. The molecule has 0 radical (unpaired) electrons. The first kappa shape index (κ1) is 14.6. The van der Waals surface area contributed by atoms with Crippen LogP contribution in [0.4, 0.5) is 0 Å². The molecule has 1 aromatic carbocycles. The fourth-order valence-electron chi connectivity index (χ4n) is 2.37. The molecule has 0 N–H and O–H groups in total. The van der Waals surface area contributed by atoms with E-state index >= 15 is 0 Å². The third kappa shape index (κ3) is 4.08. The van der Waals surface area contributed by atoms with Crippen molar-refractivity contribution in [3.63, 3.8) is 0 Å². The zero-order valence-electron chi connectivity index (χ0n) is 11.9. The molecule has 4 heteroatoms. The molecule has 20 heavy (non-hydrogen) atoms. The highest BCUT2D eigenvalue weighted by atomic mass is 16.5. The molecule has 108 valence electrons. The molecule has 1 fully saturated rings. The molecule has 1 atom stereocenters. The molecule has 1 heterocycles. The molecule has 2 rings (SSSR count). The van der Waals surface area contributed by atoms with Gasteiger partial charge in [-0.25, -0.2) is 0 Å². The first-order valence-corrected chi connectivity index (χ1v) is 7.20. The van der Waals surface area contributed by atoms with E-state index in [0.29, 0.717) is 25.9 Å². The smallest absolute Gasteiger partial charge is 0.306 e. The minimum atomic E-state index is -0.242. The van der Waals surface area contributed by atoms with E-state index in [9.17, 15) is 9.59 Å². The van der Waals surface area contributed by atoms with E-state index in [2.05, 4.69) is 0 Å². The van der Waals surface area contributed by atoms with E-state index in [0.717, 1.165) is 18.4 Å². The molecule has 0 saturated carbocycles. The number of esters is 1. The summed E-state index contributed by atoms with van der Waals surface area (Å²) in [6, 6.07) is 9.93. The Bertz CT molecular complexity index is 458. The average Bonchev–Trinajstić information content (AvgIpc) is 2.43.